The fraction of sp³-hybridized carbons (Fsp3) is 0.333. The molecule has 0 radical (unpaired) electrons. The summed E-state index contributed by atoms with van der Waals surface area (Å²) < 4.78 is 0. The van der Waals surface area contributed by atoms with Crippen LogP contribution in [0.15, 0.2) is 18.2 Å². The number of carboxylic acid groups (broad SMARTS) is 1. The molecule has 1 aromatic carbocycles. The largest absolute Gasteiger partial charge is 0.478 e. The highest BCUT2D eigenvalue weighted by Crippen LogP contribution is 2.49. The fourth-order valence-corrected chi connectivity index (χ4v) is 1.73. The van der Waals surface area contributed by atoms with Gasteiger partial charge in [0.15, 0.2) is 0 Å². The Labute approximate surface area is 88.2 Å². The first-order chi connectivity index (χ1) is 7.09. The molecule has 0 spiro atoms. The molecule has 1 aliphatic rings. The molecule has 2 rings (SSSR count). The maximum Gasteiger partial charge on any atom is 0.335 e. The number of aromatic carboxylic acids is 1. The monoisotopic (exact) mass is 201 g/mol. The van der Waals surface area contributed by atoms with Crippen molar-refractivity contribution in [1.82, 2.24) is 0 Å². The summed E-state index contributed by atoms with van der Waals surface area (Å²) in [6.07, 6.45) is 1.69. The molecule has 15 heavy (non-hydrogen) atoms. The van der Waals surface area contributed by atoms with Crippen LogP contribution in [0.2, 0.25) is 0 Å². The van der Waals surface area contributed by atoms with E-state index in [1.165, 1.54) is 0 Å². The van der Waals surface area contributed by atoms with Crippen LogP contribution in [0, 0.1) is 13.5 Å². The predicted octanol–water partition coefficient (Wildman–Crippen LogP) is 2.60. The minimum absolute atomic E-state index is 0.308. The van der Waals surface area contributed by atoms with E-state index < -0.39 is 11.5 Å². The van der Waals surface area contributed by atoms with Crippen molar-refractivity contribution in [3.8, 4) is 0 Å². The van der Waals surface area contributed by atoms with E-state index in [1.54, 1.807) is 19.1 Å². The first-order valence-corrected chi connectivity index (χ1v) is 4.82. The number of aryl methyl sites for hydroxylation is 1. The van der Waals surface area contributed by atoms with Crippen molar-refractivity contribution in [1.29, 1.82) is 0 Å². The van der Waals surface area contributed by atoms with Crippen LogP contribution in [0.25, 0.3) is 4.85 Å². The summed E-state index contributed by atoms with van der Waals surface area (Å²) in [6.45, 7) is 8.88. The van der Waals surface area contributed by atoms with Gasteiger partial charge in [-0.15, -0.1) is 0 Å². The molecule has 0 atom stereocenters. The number of benzene rings is 1. The van der Waals surface area contributed by atoms with Gasteiger partial charge in [0.25, 0.3) is 5.54 Å². The van der Waals surface area contributed by atoms with Gasteiger partial charge in [-0.3, -0.25) is 0 Å². The molecular weight excluding hydrogens is 190 g/mol. The summed E-state index contributed by atoms with van der Waals surface area (Å²) in [4.78, 5) is 14.5. The first-order valence-electron chi connectivity index (χ1n) is 4.82. The Morgan fingerprint density at radius 1 is 1.53 bits per heavy atom. The van der Waals surface area contributed by atoms with E-state index in [0.29, 0.717) is 5.56 Å². The Balaban J connectivity index is 2.49. The van der Waals surface area contributed by atoms with E-state index >= 15 is 0 Å². The highest BCUT2D eigenvalue weighted by atomic mass is 16.4. The van der Waals surface area contributed by atoms with Gasteiger partial charge in [0.05, 0.1) is 5.56 Å². The summed E-state index contributed by atoms with van der Waals surface area (Å²) in [5.74, 6) is -0.921. The minimum Gasteiger partial charge on any atom is -0.478 e. The van der Waals surface area contributed by atoms with Crippen LogP contribution in [0.5, 0.6) is 0 Å². The average molecular weight is 201 g/mol. The lowest BCUT2D eigenvalue weighted by Crippen LogP contribution is -2.05. The van der Waals surface area contributed by atoms with Gasteiger partial charge in [-0.1, -0.05) is 12.1 Å². The molecule has 3 nitrogen and oxygen atoms in total. The average Bonchev–Trinajstić information content (AvgIpc) is 2.99. The third kappa shape index (κ3) is 1.48. The van der Waals surface area contributed by atoms with Gasteiger partial charge in [0.1, 0.15) is 0 Å². The Kier molecular flexibility index (Phi) is 2.01. The van der Waals surface area contributed by atoms with Crippen LogP contribution >= 0.6 is 0 Å². The Morgan fingerprint density at radius 2 is 2.20 bits per heavy atom. The smallest absolute Gasteiger partial charge is 0.335 e. The van der Waals surface area contributed by atoms with Crippen LogP contribution in [-0.4, -0.2) is 11.1 Å². The minimum atomic E-state index is -0.921. The van der Waals surface area contributed by atoms with Gasteiger partial charge in [-0.25, -0.2) is 11.4 Å². The van der Waals surface area contributed by atoms with Gasteiger partial charge < -0.3 is 9.95 Å². The molecule has 1 aliphatic carbocycles. The summed E-state index contributed by atoms with van der Waals surface area (Å²) in [5.41, 5.74) is 1.48. The SMILES string of the molecule is [C-]#[N+]C1(c2ccc(C)c(C(=O)O)c2)CC1. The van der Waals surface area contributed by atoms with Crippen LogP contribution < -0.4 is 0 Å². The normalized spacial score (nSPS) is 16.8. The lowest BCUT2D eigenvalue weighted by atomic mass is 9.99. The molecule has 0 aromatic heterocycles. The fourth-order valence-electron chi connectivity index (χ4n) is 1.73. The van der Waals surface area contributed by atoms with Crippen LogP contribution in [0.4, 0.5) is 0 Å². The quantitative estimate of drug-likeness (QED) is 0.747. The molecule has 3 heteroatoms. The lowest BCUT2D eigenvalue weighted by Gasteiger charge is -2.06. The second kappa shape index (κ2) is 3.09. The van der Waals surface area contributed by atoms with Crippen molar-refractivity contribution in [2.45, 2.75) is 25.3 Å². The topological polar surface area (TPSA) is 41.7 Å². The van der Waals surface area contributed by atoms with E-state index in [0.717, 1.165) is 24.0 Å². The zero-order valence-corrected chi connectivity index (χ0v) is 8.45. The first kappa shape index (κ1) is 9.72. The summed E-state index contributed by atoms with van der Waals surface area (Å²) in [5, 5.41) is 8.97. The summed E-state index contributed by atoms with van der Waals surface area (Å²) in [6, 6.07) is 5.29. The van der Waals surface area contributed by atoms with Gasteiger partial charge in [0, 0.05) is 18.4 Å². The molecule has 0 heterocycles. The molecule has 76 valence electrons. The second-order valence-electron chi connectivity index (χ2n) is 3.98. The van der Waals surface area contributed by atoms with Crippen molar-refractivity contribution in [3.05, 3.63) is 46.3 Å². The van der Waals surface area contributed by atoms with Crippen molar-refractivity contribution in [2.75, 3.05) is 0 Å². The van der Waals surface area contributed by atoms with E-state index in [-0.39, 0.29) is 0 Å². The standard InChI is InChI=1S/C12H11NO2/c1-8-3-4-9(7-10(8)11(14)15)12(13-2)5-6-12/h3-4,7H,5-6H2,1H3,(H,14,15). The number of carboxylic acids is 1. The maximum atomic E-state index is 10.9. The molecule has 1 aromatic rings. The molecular formula is C12H11NO2. The van der Waals surface area contributed by atoms with Crippen LogP contribution in [-0.2, 0) is 5.54 Å². The van der Waals surface area contributed by atoms with E-state index in [1.807, 2.05) is 6.07 Å². The number of carbonyl (C=O) groups is 1. The number of nitrogens with zero attached hydrogens (tertiary/aromatic N) is 1. The molecule has 0 unspecified atom stereocenters. The van der Waals surface area contributed by atoms with Crippen LogP contribution in [0.1, 0.15) is 34.3 Å². The van der Waals surface area contributed by atoms with Gasteiger partial charge in [0.2, 0.25) is 0 Å². The van der Waals surface area contributed by atoms with Gasteiger partial charge in [-0.05, 0) is 18.6 Å². The highest BCUT2D eigenvalue weighted by molar-refractivity contribution is 5.89. The van der Waals surface area contributed by atoms with Gasteiger partial charge in [-0.2, -0.15) is 0 Å². The van der Waals surface area contributed by atoms with E-state index in [2.05, 4.69) is 4.85 Å². The lowest BCUT2D eigenvalue weighted by molar-refractivity contribution is 0.0696. The zero-order valence-electron chi connectivity index (χ0n) is 8.45. The van der Waals surface area contributed by atoms with Crippen molar-refractivity contribution in [2.24, 2.45) is 0 Å². The zero-order chi connectivity index (χ0) is 11.1. The molecule has 1 fully saturated rings. The molecule has 0 bridgehead atoms. The molecule has 0 amide bonds. The van der Waals surface area contributed by atoms with Crippen molar-refractivity contribution < 1.29 is 9.90 Å². The molecule has 0 aliphatic heterocycles. The third-order valence-corrected chi connectivity index (χ3v) is 2.94. The second-order valence-corrected chi connectivity index (χ2v) is 3.98. The van der Waals surface area contributed by atoms with E-state index in [4.69, 9.17) is 11.7 Å². The van der Waals surface area contributed by atoms with Crippen molar-refractivity contribution in [3.63, 3.8) is 0 Å². The highest BCUT2D eigenvalue weighted by Gasteiger charge is 2.52. The van der Waals surface area contributed by atoms with Crippen LogP contribution in [0.3, 0.4) is 0 Å². The summed E-state index contributed by atoms with van der Waals surface area (Å²) in [7, 11) is 0. The van der Waals surface area contributed by atoms with Crippen molar-refractivity contribution >= 4 is 5.97 Å². The maximum absolute atomic E-state index is 10.9. The predicted molar refractivity (Wildman–Crippen MR) is 55.7 cm³/mol. The molecule has 1 N–H and O–H groups in total. The summed E-state index contributed by atoms with van der Waals surface area (Å²) >= 11 is 0. The third-order valence-electron chi connectivity index (χ3n) is 2.94. The Bertz CT molecular complexity index is 467. The Hall–Kier alpha value is -1.82. The van der Waals surface area contributed by atoms with Gasteiger partial charge >= 0.3 is 5.97 Å². The molecule has 0 saturated heterocycles. The van der Waals surface area contributed by atoms with E-state index in [9.17, 15) is 4.79 Å². The Morgan fingerprint density at radius 3 is 2.67 bits per heavy atom. The number of rotatable bonds is 2. The molecule has 1 saturated carbocycles. The number of hydrogen-bond donors (Lipinski definition) is 1. The number of hydrogen-bond acceptors (Lipinski definition) is 1.